The topological polar surface area (TPSA) is 20.2 Å². The van der Waals surface area contributed by atoms with Crippen molar-refractivity contribution in [2.24, 2.45) is 0 Å². The standard InChI is InChI=1S/C15H12Cl4O/c16-11-5-4-9(14(19)7-11)6-10(8-20)15-12(17)2-1-3-13(15)18/h1-5,7,10,20H,6,8H2/t10-/m1/s1. The van der Waals surface area contributed by atoms with Gasteiger partial charge in [0.2, 0.25) is 0 Å². The van der Waals surface area contributed by atoms with Crippen LogP contribution in [0.4, 0.5) is 0 Å². The van der Waals surface area contributed by atoms with Crippen LogP contribution < -0.4 is 0 Å². The van der Waals surface area contributed by atoms with Crippen LogP contribution in [-0.2, 0) is 6.42 Å². The Balaban J connectivity index is 2.34. The normalized spacial score (nSPS) is 12.4. The van der Waals surface area contributed by atoms with E-state index >= 15 is 0 Å². The lowest BCUT2D eigenvalue weighted by Gasteiger charge is -2.18. The number of aliphatic hydroxyl groups is 1. The summed E-state index contributed by atoms with van der Waals surface area (Å²) < 4.78 is 0. The fourth-order valence-electron chi connectivity index (χ4n) is 2.11. The predicted octanol–water partition coefficient (Wildman–Crippen LogP) is 5.62. The summed E-state index contributed by atoms with van der Waals surface area (Å²) in [5, 5.41) is 11.9. The molecule has 0 saturated carbocycles. The van der Waals surface area contributed by atoms with Gasteiger partial charge in [0.15, 0.2) is 0 Å². The van der Waals surface area contributed by atoms with Crippen molar-refractivity contribution in [3.05, 3.63) is 67.6 Å². The molecule has 106 valence electrons. The van der Waals surface area contributed by atoms with E-state index in [-0.39, 0.29) is 12.5 Å². The van der Waals surface area contributed by atoms with E-state index in [2.05, 4.69) is 0 Å². The van der Waals surface area contributed by atoms with Gasteiger partial charge in [-0.15, -0.1) is 0 Å². The van der Waals surface area contributed by atoms with Crippen molar-refractivity contribution < 1.29 is 5.11 Å². The van der Waals surface area contributed by atoms with Crippen molar-refractivity contribution in [1.29, 1.82) is 0 Å². The first-order valence-corrected chi connectivity index (χ1v) is 7.52. The zero-order chi connectivity index (χ0) is 14.7. The van der Waals surface area contributed by atoms with E-state index in [9.17, 15) is 5.11 Å². The Morgan fingerprint density at radius 3 is 2.10 bits per heavy atom. The zero-order valence-corrected chi connectivity index (χ0v) is 13.4. The van der Waals surface area contributed by atoms with E-state index in [4.69, 9.17) is 46.4 Å². The molecule has 0 aliphatic carbocycles. The molecule has 0 aliphatic rings. The van der Waals surface area contributed by atoms with Crippen molar-refractivity contribution in [3.8, 4) is 0 Å². The van der Waals surface area contributed by atoms with Gasteiger partial charge in [-0.2, -0.15) is 0 Å². The molecule has 1 atom stereocenters. The van der Waals surface area contributed by atoms with Gasteiger partial charge < -0.3 is 5.11 Å². The Hall–Kier alpha value is -0.440. The highest BCUT2D eigenvalue weighted by Gasteiger charge is 2.19. The Kier molecular flexibility index (Phi) is 5.59. The second-order valence-corrected chi connectivity index (χ2v) is 6.11. The molecule has 0 bridgehead atoms. The van der Waals surface area contributed by atoms with Crippen molar-refractivity contribution in [2.45, 2.75) is 12.3 Å². The van der Waals surface area contributed by atoms with Crippen molar-refractivity contribution in [2.75, 3.05) is 6.61 Å². The maximum absolute atomic E-state index is 9.65. The zero-order valence-electron chi connectivity index (χ0n) is 10.4. The predicted molar refractivity (Wildman–Crippen MR) is 86.5 cm³/mol. The molecule has 0 aromatic heterocycles. The molecular formula is C15H12Cl4O. The lowest BCUT2D eigenvalue weighted by molar-refractivity contribution is 0.264. The molecule has 1 nitrogen and oxygen atoms in total. The van der Waals surface area contributed by atoms with Crippen LogP contribution in [0.15, 0.2) is 36.4 Å². The largest absolute Gasteiger partial charge is 0.396 e. The van der Waals surface area contributed by atoms with Crippen molar-refractivity contribution in [3.63, 3.8) is 0 Å². The van der Waals surface area contributed by atoms with Gasteiger partial charge in [-0.25, -0.2) is 0 Å². The minimum atomic E-state index is -0.213. The Morgan fingerprint density at radius 2 is 1.55 bits per heavy atom. The SMILES string of the molecule is OC[C@@H](Cc1ccc(Cl)cc1Cl)c1c(Cl)cccc1Cl. The van der Waals surface area contributed by atoms with Crippen molar-refractivity contribution >= 4 is 46.4 Å². The molecule has 20 heavy (non-hydrogen) atoms. The quantitative estimate of drug-likeness (QED) is 0.759. The Labute approximate surface area is 138 Å². The van der Waals surface area contributed by atoms with Gasteiger partial charge >= 0.3 is 0 Å². The summed E-state index contributed by atoms with van der Waals surface area (Å²) in [4.78, 5) is 0. The van der Waals surface area contributed by atoms with Crippen LogP contribution in [0.2, 0.25) is 20.1 Å². The molecular weight excluding hydrogens is 338 g/mol. The van der Waals surface area contributed by atoms with Crippen LogP contribution in [0.25, 0.3) is 0 Å². The highest BCUT2D eigenvalue weighted by molar-refractivity contribution is 6.36. The van der Waals surface area contributed by atoms with Gasteiger partial charge in [0.1, 0.15) is 0 Å². The molecule has 2 aromatic carbocycles. The summed E-state index contributed by atoms with van der Waals surface area (Å²) in [6, 6.07) is 10.6. The minimum absolute atomic E-state index is 0.0671. The molecule has 2 rings (SSSR count). The molecule has 0 heterocycles. The number of halogens is 4. The van der Waals surface area contributed by atoms with Crippen LogP contribution in [0.3, 0.4) is 0 Å². The molecule has 0 aliphatic heterocycles. The Morgan fingerprint density at radius 1 is 0.900 bits per heavy atom. The van der Waals surface area contributed by atoms with Gasteiger partial charge in [0.05, 0.1) is 6.61 Å². The second kappa shape index (κ2) is 7.02. The monoisotopic (exact) mass is 348 g/mol. The molecule has 0 radical (unpaired) electrons. The first-order valence-electron chi connectivity index (χ1n) is 6.01. The molecule has 2 aromatic rings. The number of hydrogen-bond acceptors (Lipinski definition) is 1. The smallest absolute Gasteiger partial charge is 0.0504 e. The second-order valence-electron chi connectivity index (χ2n) is 4.45. The van der Waals surface area contributed by atoms with Gasteiger partial charge in [-0.1, -0.05) is 58.5 Å². The van der Waals surface area contributed by atoms with E-state index < -0.39 is 0 Å². The third-order valence-corrected chi connectivity index (χ3v) is 4.36. The van der Waals surface area contributed by atoms with Gasteiger partial charge in [0, 0.05) is 26.0 Å². The average Bonchev–Trinajstić information content (AvgIpc) is 2.39. The van der Waals surface area contributed by atoms with Crippen LogP contribution in [0, 0.1) is 0 Å². The maximum atomic E-state index is 9.65. The first-order chi connectivity index (χ1) is 9.52. The Bertz CT molecular complexity index is 593. The van der Waals surface area contributed by atoms with Gasteiger partial charge in [0.25, 0.3) is 0 Å². The first kappa shape index (κ1) is 15.9. The van der Waals surface area contributed by atoms with Gasteiger partial charge in [-0.3, -0.25) is 0 Å². The molecule has 0 spiro atoms. The number of benzene rings is 2. The van der Waals surface area contributed by atoms with E-state index in [1.54, 1.807) is 30.3 Å². The summed E-state index contributed by atoms with van der Waals surface area (Å²) in [5.41, 5.74) is 1.63. The maximum Gasteiger partial charge on any atom is 0.0504 e. The molecule has 0 fully saturated rings. The van der Waals surface area contributed by atoms with E-state index in [1.807, 2.05) is 6.07 Å². The molecule has 0 amide bonds. The van der Waals surface area contributed by atoms with E-state index in [0.717, 1.165) is 11.1 Å². The van der Waals surface area contributed by atoms with Crippen LogP contribution in [0.1, 0.15) is 17.0 Å². The van der Waals surface area contributed by atoms with Crippen LogP contribution >= 0.6 is 46.4 Å². The summed E-state index contributed by atoms with van der Waals surface area (Å²) in [7, 11) is 0. The fraction of sp³-hybridized carbons (Fsp3) is 0.200. The molecule has 1 N–H and O–H groups in total. The third-order valence-electron chi connectivity index (χ3n) is 3.11. The molecule has 5 heteroatoms. The number of rotatable bonds is 4. The minimum Gasteiger partial charge on any atom is -0.396 e. The lowest BCUT2D eigenvalue weighted by Crippen LogP contribution is -2.09. The summed E-state index contributed by atoms with van der Waals surface area (Å²) in [6.45, 7) is -0.0671. The van der Waals surface area contributed by atoms with Crippen LogP contribution in [0.5, 0.6) is 0 Å². The summed E-state index contributed by atoms with van der Waals surface area (Å²) in [5.74, 6) is -0.213. The van der Waals surface area contributed by atoms with E-state index in [0.29, 0.717) is 26.5 Å². The van der Waals surface area contributed by atoms with Gasteiger partial charge in [-0.05, 0) is 41.8 Å². The number of hydrogen-bond donors (Lipinski definition) is 1. The highest BCUT2D eigenvalue weighted by atomic mass is 35.5. The third kappa shape index (κ3) is 3.60. The highest BCUT2D eigenvalue weighted by Crippen LogP contribution is 2.35. The molecule has 0 unspecified atom stereocenters. The molecule has 0 saturated heterocycles. The fourth-order valence-corrected chi connectivity index (χ4v) is 3.30. The number of aliphatic hydroxyl groups excluding tert-OH is 1. The van der Waals surface area contributed by atoms with Crippen molar-refractivity contribution in [1.82, 2.24) is 0 Å². The summed E-state index contributed by atoms with van der Waals surface area (Å²) in [6.07, 6.45) is 0.538. The lowest BCUT2D eigenvalue weighted by atomic mass is 9.92. The summed E-state index contributed by atoms with van der Waals surface area (Å²) >= 11 is 24.4. The van der Waals surface area contributed by atoms with E-state index in [1.165, 1.54) is 0 Å². The van der Waals surface area contributed by atoms with Crippen LogP contribution in [-0.4, -0.2) is 11.7 Å². The average molecular weight is 350 g/mol.